The number of hydrogen-bond donors (Lipinski definition) is 1. The van der Waals surface area contributed by atoms with Crippen LogP contribution in [0, 0.1) is 0 Å². The van der Waals surface area contributed by atoms with E-state index in [4.69, 9.17) is 0 Å². The molecule has 2 rings (SSSR count). The van der Waals surface area contributed by atoms with Crippen LogP contribution < -0.4 is 10.2 Å². The summed E-state index contributed by atoms with van der Waals surface area (Å²) in [5, 5.41) is 3.56. The Labute approximate surface area is 91.5 Å². The topological polar surface area (TPSA) is 28.2 Å². The first kappa shape index (κ1) is 10.4. The number of piperidine rings is 1. The standard InChI is InChI=1S/C12H19N3/c1-15(12-6-4-7-13-9-12)10-11-5-2-3-8-14-11/h4,6-7,9,11,14H,2-3,5,8,10H2,1H3. The van der Waals surface area contributed by atoms with Gasteiger partial charge in [-0.3, -0.25) is 4.98 Å². The Kier molecular flexibility index (Phi) is 3.56. The highest BCUT2D eigenvalue weighted by molar-refractivity contribution is 5.42. The molecule has 1 aromatic rings. The minimum atomic E-state index is 0.643. The van der Waals surface area contributed by atoms with Gasteiger partial charge in [-0.25, -0.2) is 0 Å². The van der Waals surface area contributed by atoms with Gasteiger partial charge in [0.25, 0.3) is 0 Å². The lowest BCUT2D eigenvalue weighted by atomic mass is 10.0. The molecule has 1 atom stereocenters. The van der Waals surface area contributed by atoms with E-state index in [0.29, 0.717) is 6.04 Å². The summed E-state index contributed by atoms with van der Waals surface area (Å²) in [6.07, 6.45) is 7.72. The van der Waals surface area contributed by atoms with Gasteiger partial charge >= 0.3 is 0 Å². The van der Waals surface area contributed by atoms with Gasteiger partial charge in [0.1, 0.15) is 0 Å². The van der Waals surface area contributed by atoms with Crippen molar-refractivity contribution in [3.63, 3.8) is 0 Å². The Morgan fingerprint density at radius 2 is 2.47 bits per heavy atom. The van der Waals surface area contributed by atoms with Crippen LogP contribution in [-0.4, -0.2) is 31.2 Å². The molecule has 1 unspecified atom stereocenters. The van der Waals surface area contributed by atoms with Gasteiger partial charge < -0.3 is 10.2 Å². The fourth-order valence-corrected chi connectivity index (χ4v) is 2.10. The van der Waals surface area contributed by atoms with Crippen LogP contribution in [0.1, 0.15) is 19.3 Å². The molecule has 1 aromatic heterocycles. The van der Waals surface area contributed by atoms with Crippen LogP contribution in [0.3, 0.4) is 0 Å². The van der Waals surface area contributed by atoms with Crippen LogP contribution in [0.2, 0.25) is 0 Å². The van der Waals surface area contributed by atoms with Crippen LogP contribution in [0.15, 0.2) is 24.5 Å². The third kappa shape index (κ3) is 2.93. The molecule has 0 aromatic carbocycles. The molecule has 0 radical (unpaired) electrons. The highest BCUT2D eigenvalue weighted by atomic mass is 15.1. The van der Waals surface area contributed by atoms with E-state index in [-0.39, 0.29) is 0 Å². The Morgan fingerprint density at radius 3 is 3.13 bits per heavy atom. The van der Waals surface area contributed by atoms with Crippen molar-refractivity contribution in [2.24, 2.45) is 0 Å². The molecule has 0 amide bonds. The maximum atomic E-state index is 4.14. The molecule has 1 fully saturated rings. The van der Waals surface area contributed by atoms with Gasteiger partial charge in [0.2, 0.25) is 0 Å². The molecule has 82 valence electrons. The smallest absolute Gasteiger partial charge is 0.0550 e. The number of aromatic nitrogens is 1. The summed E-state index contributed by atoms with van der Waals surface area (Å²) in [5.41, 5.74) is 1.20. The number of pyridine rings is 1. The summed E-state index contributed by atoms with van der Waals surface area (Å²) < 4.78 is 0. The van der Waals surface area contributed by atoms with Crippen molar-refractivity contribution in [3.05, 3.63) is 24.5 Å². The minimum Gasteiger partial charge on any atom is -0.372 e. The highest BCUT2D eigenvalue weighted by Crippen LogP contribution is 2.13. The molecular formula is C12H19N3. The van der Waals surface area contributed by atoms with Gasteiger partial charge in [-0.05, 0) is 31.5 Å². The predicted molar refractivity (Wildman–Crippen MR) is 63.1 cm³/mol. The first-order valence-electron chi connectivity index (χ1n) is 5.71. The lowest BCUT2D eigenvalue weighted by molar-refractivity contribution is 0.403. The average molecular weight is 205 g/mol. The number of likely N-dealkylation sites (N-methyl/N-ethyl adjacent to an activating group) is 1. The van der Waals surface area contributed by atoms with Crippen molar-refractivity contribution < 1.29 is 0 Å². The maximum Gasteiger partial charge on any atom is 0.0550 e. The summed E-state index contributed by atoms with van der Waals surface area (Å²) >= 11 is 0. The number of nitrogens with one attached hydrogen (secondary N) is 1. The van der Waals surface area contributed by atoms with E-state index in [1.54, 1.807) is 0 Å². The van der Waals surface area contributed by atoms with E-state index in [1.165, 1.54) is 31.5 Å². The summed E-state index contributed by atoms with van der Waals surface area (Å²) in [4.78, 5) is 6.41. The Hall–Kier alpha value is -1.09. The Morgan fingerprint density at radius 1 is 1.53 bits per heavy atom. The lowest BCUT2D eigenvalue weighted by Crippen LogP contribution is -2.42. The molecule has 3 nitrogen and oxygen atoms in total. The summed E-state index contributed by atoms with van der Waals surface area (Å²) in [5.74, 6) is 0. The third-order valence-electron chi connectivity index (χ3n) is 2.99. The van der Waals surface area contributed by atoms with Crippen molar-refractivity contribution >= 4 is 5.69 Å². The van der Waals surface area contributed by atoms with E-state index in [2.05, 4.69) is 28.3 Å². The average Bonchev–Trinajstić information content (AvgIpc) is 2.31. The number of nitrogens with zero attached hydrogens (tertiary/aromatic N) is 2. The molecule has 15 heavy (non-hydrogen) atoms. The van der Waals surface area contributed by atoms with E-state index in [0.717, 1.165) is 6.54 Å². The van der Waals surface area contributed by atoms with Gasteiger partial charge in [0, 0.05) is 25.8 Å². The maximum absolute atomic E-state index is 4.14. The molecule has 3 heteroatoms. The van der Waals surface area contributed by atoms with E-state index >= 15 is 0 Å². The monoisotopic (exact) mass is 205 g/mol. The quantitative estimate of drug-likeness (QED) is 0.813. The largest absolute Gasteiger partial charge is 0.372 e. The van der Waals surface area contributed by atoms with Crippen LogP contribution in [0.5, 0.6) is 0 Å². The van der Waals surface area contributed by atoms with Gasteiger partial charge in [-0.2, -0.15) is 0 Å². The van der Waals surface area contributed by atoms with Crippen molar-refractivity contribution in [3.8, 4) is 0 Å². The lowest BCUT2D eigenvalue weighted by Gasteiger charge is -2.29. The second-order valence-electron chi connectivity index (χ2n) is 4.24. The molecule has 1 N–H and O–H groups in total. The van der Waals surface area contributed by atoms with E-state index in [1.807, 2.05) is 18.5 Å². The van der Waals surface area contributed by atoms with Crippen LogP contribution >= 0.6 is 0 Å². The predicted octanol–water partition coefficient (Wildman–Crippen LogP) is 1.66. The molecule has 1 aliphatic heterocycles. The first-order chi connectivity index (χ1) is 7.36. The van der Waals surface area contributed by atoms with Crippen molar-refractivity contribution in [1.82, 2.24) is 10.3 Å². The van der Waals surface area contributed by atoms with Gasteiger partial charge in [-0.1, -0.05) is 6.42 Å². The first-order valence-corrected chi connectivity index (χ1v) is 5.71. The fraction of sp³-hybridized carbons (Fsp3) is 0.583. The zero-order valence-corrected chi connectivity index (χ0v) is 9.32. The summed E-state index contributed by atoms with van der Waals surface area (Å²) in [7, 11) is 2.13. The number of anilines is 1. The van der Waals surface area contributed by atoms with Crippen molar-refractivity contribution in [2.45, 2.75) is 25.3 Å². The summed E-state index contributed by atoms with van der Waals surface area (Å²) in [6.45, 7) is 2.25. The zero-order chi connectivity index (χ0) is 10.5. The van der Waals surface area contributed by atoms with Gasteiger partial charge in [0.05, 0.1) is 11.9 Å². The molecule has 0 aliphatic carbocycles. The SMILES string of the molecule is CN(CC1CCCCN1)c1cccnc1. The second-order valence-corrected chi connectivity index (χ2v) is 4.24. The van der Waals surface area contributed by atoms with Crippen molar-refractivity contribution in [1.29, 1.82) is 0 Å². The van der Waals surface area contributed by atoms with E-state index in [9.17, 15) is 0 Å². The van der Waals surface area contributed by atoms with Crippen molar-refractivity contribution in [2.75, 3.05) is 25.0 Å². The van der Waals surface area contributed by atoms with Gasteiger partial charge in [-0.15, -0.1) is 0 Å². The Balaban J connectivity index is 1.88. The van der Waals surface area contributed by atoms with Crippen LogP contribution in [0.25, 0.3) is 0 Å². The number of hydrogen-bond acceptors (Lipinski definition) is 3. The van der Waals surface area contributed by atoms with Gasteiger partial charge in [0.15, 0.2) is 0 Å². The molecule has 2 heterocycles. The molecule has 0 saturated carbocycles. The Bertz CT molecular complexity index is 280. The van der Waals surface area contributed by atoms with E-state index < -0.39 is 0 Å². The molecule has 1 saturated heterocycles. The zero-order valence-electron chi connectivity index (χ0n) is 9.32. The highest BCUT2D eigenvalue weighted by Gasteiger charge is 2.14. The molecule has 0 spiro atoms. The molecule has 1 aliphatic rings. The fourth-order valence-electron chi connectivity index (χ4n) is 2.10. The van der Waals surface area contributed by atoms with Crippen LogP contribution in [0.4, 0.5) is 5.69 Å². The minimum absolute atomic E-state index is 0.643. The second kappa shape index (κ2) is 5.12. The molecular weight excluding hydrogens is 186 g/mol. The number of rotatable bonds is 3. The third-order valence-corrected chi connectivity index (χ3v) is 2.99. The molecule has 0 bridgehead atoms. The van der Waals surface area contributed by atoms with Crippen LogP contribution in [-0.2, 0) is 0 Å². The normalized spacial score (nSPS) is 21.3. The summed E-state index contributed by atoms with van der Waals surface area (Å²) in [6, 6.07) is 4.74.